The maximum absolute atomic E-state index is 12.6. The third-order valence-corrected chi connectivity index (χ3v) is 6.24. The van der Waals surface area contributed by atoms with Gasteiger partial charge in [0, 0.05) is 12.6 Å². The summed E-state index contributed by atoms with van der Waals surface area (Å²) >= 11 is 1.29. The van der Waals surface area contributed by atoms with Gasteiger partial charge in [0.2, 0.25) is 10.0 Å². The molecule has 1 heterocycles. The van der Waals surface area contributed by atoms with Gasteiger partial charge in [0.1, 0.15) is 4.90 Å². The van der Waals surface area contributed by atoms with E-state index in [9.17, 15) is 13.5 Å². The van der Waals surface area contributed by atoms with Crippen LogP contribution in [0.1, 0.15) is 37.6 Å². The monoisotopic (exact) mass is 291 g/mol. The van der Waals surface area contributed by atoms with Crippen LogP contribution in [0.25, 0.3) is 0 Å². The molecule has 1 aromatic rings. The standard InChI is InChI=1S/C12H21NO3S2/c1-5-6-13(9(2)3)18(15,16)12-10(4)8-17-11(12)7-14/h8-9,14H,5-7H2,1-4H3. The van der Waals surface area contributed by atoms with Gasteiger partial charge < -0.3 is 5.11 Å². The molecule has 0 bridgehead atoms. The van der Waals surface area contributed by atoms with E-state index in [2.05, 4.69) is 0 Å². The number of hydrogen-bond acceptors (Lipinski definition) is 4. The van der Waals surface area contributed by atoms with E-state index in [0.717, 1.165) is 6.42 Å². The molecule has 18 heavy (non-hydrogen) atoms. The van der Waals surface area contributed by atoms with Crippen molar-refractivity contribution in [2.24, 2.45) is 0 Å². The minimum Gasteiger partial charge on any atom is -0.391 e. The van der Waals surface area contributed by atoms with Gasteiger partial charge in [0.25, 0.3) is 0 Å². The SMILES string of the molecule is CCCN(C(C)C)S(=O)(=O)c1c(C)csc1CO. The molecule has 0 amide bonds. The largest absolute Gasteiger partial charge is 0.391 e. The van der Waals surface area contributed by atoms with E-state index in [1.165, 1.54) is 15.6 Å². The topological polar surface area (TPSA) is 57.6 Å². The van der Waals surface area contributed by atoms with Crippen molar-refractivity contribution in [3.05, 3.63) is 15.8 Å². The number of aliphatic hydroxyl groups is 1. The third-order valence-electron chi connectivity index (χ3n) is 2.72. The van der Waals surface area contributed by atoms with Crippen LogP contribution >= 0.6 is 11.3 Å². The highest BCUT2D eigenvalue weighted by Crippen LogP contribution is 2.30. The van der Waals surface area contributed by atoms with Gasteiger partial charge in [-0.05, 0) is 38.1 Å². The summed E-state index contributed by atoms with van der Waals surface area (Å²) < 4.78 is 26.8. The van der Waals surface area contributed by atoms with Gasteiger partial charge in [-0.15, -0.1) is 11.3 Å². The Hall–Kier alpha value is -0.430. The van der Waals surface area contributed by atoms with E-state index < -0.39 is 10.0 Å². The Morgan fingerprint density at radius 3 is 2.50 bits per heavy atom. The van der Waals surface area contributed by atoms with Gasteiger partial charge in [0.05, 0.1) is 11.5 Å². The van der Waals surface area contributed by atoms with Crippen LogP contribution in [-0.4, -0.2) is 30.4 Å². The van der Waals surface area contributed by atoms with Gasteiger partial charge in [-0.2, -0.15) is 4.31 Å². The molecule has 0 atom stereocenters. The molecular weight excluding hydrogens is 270 g/mol. The van der Waals surface area contributed by atoms with Crippen molar-refractivity contribution in [2.75, 3.05) is 6.54 Å². The molecule has 104 valence electrons. The molecule has 1 aromatic heterocycles. The van der Waals surface area contributed by atoms with Crippen molar-refractivity contribution in [2.45, 2.75) is 51.7 Å². The summed E-state index contributed by atoms with van der Waals surface area (Å²) in [6, 6.07) is -0.0826. The zero-order valence-corrected chi connectivity index (χ0v) is 12.9. The molecule has 0 aliphatic heterocycles. The first-order valence-corrected chi connectivity index (χ1v) is 8.37. The Kier molecular flexibility index (Phi) is 5.33. The third kappa shape index (κ3) is 2.93. The van der Waals surface area contributed by atoms with Crippen molar-refractivity contribution >= 4 is 21.4 Å². The van der Waals surface area contributed by atoms with E-state index in [-0.39, 0.29) is 17.5 Å². The minimum atomic E-state index is -3.51. The fourth-order valence-corrected chi connectivity index (χ4v) is 5.28. The molecule has 0 aliphatic carbocycles. The van der Waals surface area contributed by atoms with Crippen LogP contribution in [-0.2, 0) is 16.6 Å². The number of sulfonamides is 1. The number of rotatable bonds is 6. The summed E-state index contributed by atoms with van der Waals surface area (Å²) in [7, 11) is -3.51. The van der Waals surface area contributed by atoms with E-state index in [4.69, 9.17) is 0 Å². The van der Waals surface area contributed by atoms with E-state index >= 15 is 0 Å². The fraction of sp³-hybridized carbons (Fsp3) is 0.667. The number of aliphatic hydroxyl groups excluding tert-OH is 1. The highest BCUT2D eigenvalue weighted by Gasteiger charge is 2.30. The van der Waals surface area contributed by atoms with Crippen molar-refractivity contribution in [1.29, 1.82) is 0 Å². The summed E-state index contributed by atoms with van der Waals surface area (Å²) in [5, 5.41) is 11.1. The molecule has 0 aliphatic rings. The number of thiophene rings is 1. The first kappa shape index (κ1) is 15.6. The van der Waals surface area contributed by atoms with Crippen molar-refractivity contribution in [3.8, 4) is 0 Å². The number of hydrogen-bond donors (Lipinski definition) is 1. The highest BCUT2D eigenvalue weighted by molar-refractivity contribution is 7.89. The molecule has 0 radical (unpaired) electrons. The summed E-state index contributed by atoms with van der Waals surface area (Å²) in [5.74, 6) is 0. The van der Waals surface area contributed by atoms with E-state index in [0.29, 0.717) is 17.0 Å². The second-order valence-electron chi connectivity index (χ2n) is 4.54. The van der Waals surface area contributed by atoms with Gasteiger partial charge in [0.15, 0.2) is 0 Å². The lowest BCUT2D eigenvalue weighted by molar-refractivity contribution is 0.281. The molecule has 0 aromatic carbocycles. The quantitative estimate of drug-likeness (QED) is 0.875. The second-order valence-corrected chi connectivity index (χ2v) is 7.33. The second kappa shape index (κ2) is 6.14. The van der Waals surface area contributed by atoms with Crippen LogP contribution in [0.2, 0.25) is 0 Å². The Balaban J connectivity index is 3.30. The van der Waals surface area contributed by atoms with Crippen LogP contribution in [0.3, 0.4) is 0 Å². The molecule has 0 fully saturated rings. The lowest BCUT2D eigenvalue weighted by atomic mass is 10.3. The Bertz CT molecular complexity index is 491. The maximum Gasteiger partial charge on any atom is 0.244 e. The summed E-state index contributed by atoms with van der Waals surface area (Å²) in [6.07, 6.45) is 0.773. The molecule has 4 nitrogen and oxygen atoms in total. The zero-order valence-electron chi connectivity index (χ0n) is 11.3. The summed E-state index contributed by atoms with van der Waals surface area (Å²) in [4.78, 5) is 0.811. The summed E-state index contributed by atoms with van der Waals surface area (Å²) in [6.45, 7) is 7.73. The average molecular weight is 291 g/mol. The molecule has 1 N–H and O–H groups in total. The van der Waals surface area contributed by atoms with E-state index in [1.807, 2.05) is 20.8 Å². The normalized spacial score (nSPS) is 12.6. The van der Waals surface area contributed by atoms with Crippen molar-refractivity contribution in [1.82, 2.24) is 4.31 Å². The molecule has 0 saturated carbocycles. The number of aryl methyl sites for hydroxylation is 1. The predicted molar refractivity (Wildman–Crippen MR) is 74.3 cm³/mol. The van der Waals surface area contributed by atoms with Crippen LogP contribution < -0.4 is 0 Å². The lowest BCUT2D eigenvalue weighted by Gasteiger charge is -2.26. The molecule has 6 heteroatoms. The van der Waals surface area contributed by atoms with Crippen LogP contribution in [0.15, 0.2) is 10.3 Å². The van der Waals surface area contributed by atoms with Crippen molar-refractivity contribution in [3.63, 3.8) is 0 Å². The Morgan fingerprint density at radius 2 is 2.06 bits per heavy atom. The van der Waals surface area contributed by atoms with Gasteiger partial charge >= 0.3 is 0 Å². The van der Waals surface area contributed by atoms with Gasteiger partial charge in [-0.25, -0.2) is 8.42 Å². The van der Waals surface area contributed by atoms with Crippen LogP contribution in [0.4, 0.5) is 0 Å². The summed E-state index contributed by atoms with van der Waals surface area (Å²) in [5.41, 5.74) is 0.714. The van der Waals surface area contributed by atoms with Gasteiger partial charge in [-0.1, -0.05) is 6.92 Å². The Morgan fingerprint density at radius 1 is 1.44 bits per heavy atom. The fourth-order valence-electron chi connectivity index (χ4n) is 1.94. The number of nitrogens with zero attached hydrogens (tertiary/aromatic N) is 1. The zero-order chi connectivity index (χ0) is 13.9. The van der Waals surface area contributed by atoms with E-state index in [1.54, 1.807) is 12.3 Å². The highest BCUT2D eigenvalue weighted by atomic mass is 32.2. The molecule has 0 saturated heterocycles. The van der Waals surface area contributed by atoms with Crippen LogP contribution in [0.5, 0.6) is 0 Å². The van der Waals surface area contributed by atoms with Crippen LogP contribution in [0, 0.1) is 6.92 Å². The predicted octanol–water partition coefficient (Wildman–Crippen LogP) is 2.36. The Labute approximate surface area is 113 Å². The first-order chi connectivity index (χ1) is 8.36. The molecule has 0 unspecified atom stereocenters. The average Bonchev–Trinajstić information content (AvgIpc) is 2.67. The minimum absolute atomic E-state index is 0.0826. The lowest BCUT2D eigenvalue weighted by Crippen LogP contribution is -2.38. The van der Waals surface area contributed by atoms with Gasteiger partial charge in [-0.3, -0.25) is 0 Å². The first-order valence-electron chi connectivity index (χ1n) is 6.05. The molecular formula is C12H21NO3S2. The van der Waals surface area contributed by atoms with Crippen molar-refractivity contribution < 1.29 is 13.5 Å². The molecule has 0 spiro atoms. The maximum atomic E-state index is 12.6. The molecule has 1 rings (SSSR count). The smallest absolute Gasteiger partial charge is 0.244 e.